The molecule has 102 valence electrons. The van der Waals surface area contributed by atoms with Gasteiger partial charge in [0, 0.05) is 11.8 Å². The first kappa shape index (κ1) is 13.2. The molecule has 1 aromatic carbocycles. The number of ether oxygens (including phenoxy) is 1. The van der Waals surface area contributed by atoms with E-state index in [1.165, 1.54) is 0 Å². The zero-order chi connectivity index (χ0) is 13.7. The third-order valence-electron chi connectivity index (χ3n) is 2.49. The molecule has 0 aliphatic rings. The minimum atomic E-state index is 0.470. The van der Waals surface area contributed by atoms with Gasteiger partial charge in [0.05, 0.1) is 18.8 Å². The molecule has 0 radical (unpaired) electrons. The Morgan fingerprint density at radius 1 is 1.42 bits per heavy atom. The molecule has 19 heavy (non-hydrogen) atoms. The average Bonchev–Trinajstić information content (AvgIpc) is 2.82. The fraction of sp³-hybridized carbons (Fsp3) is 0.385. The van der Waals surface area contributed by atoms with Gasteiger partial charge in [0.25, 0.3) is 0 Å². The molecule has 0 unspecified atom stereocenters. The second kappa shape index (κ2) is 6.08. The first-order valence-electron chi connectivity index (χ1n) is 6.24. The number of benzene rings is 1. The Kier molecular flexibility index (Phi) is 4.22. The Morgan fingerprint density at radius 2 is 2.26 bits per heavy atom. The first-order valence-corrected chi connectivity index (χ1v) is 6.24. The quantitative estimate of drug-likeness (QED) is 0.777. The molecule has 6 heteroatoms. The number of aromatic nitrogens is 2. The summed E-state index contributed by atoms with van der Waals surface area (Å²) in [6, 6.07) is 5.57. The van der Waals surface area contributed by atoms with Gasteiger partial charge < -0.3 is 20.3 Å². The Hall–Kier alpha value is -2.24. The van der Waals surface area contributed by atoms with Crippen LogP contribution in [0.2, 0.25) is 0 Å². The van der Waals surface area contributed by atoms with Crippen molar-refractivity contribution in [3.63, 3.8) is 0 Å². The lowest BCUT2D eigenvalue weighted by atomic mass is 10.2. The summed E-state index contributed by atoms with van der Waals surface area (Å²) in [5, 5.41) is 6.92. The van der Waals surface area contributed by atoms with Crippen LogP contribution in [0.3, 0.4) is 0 Å². The summed E-state index contributed by atoms with van der Waals surface area (Å²) in [6.07, 6.45) is 0.943. The van der Waals surface area contributed by atoms with Crippen LogP contribution in [-0.2, 0) is 6.54 Å². The largest absolute Gasteiger partial charge is 0.491 e. The summed E-state index contributed by atoms with van der Waals surface area (Å²) < 4.78 is 10.6. The number of nitrogens with one attached hydrogen (secondary N) is 1. The van der Waals surface area contributed by atoms with Crippen molar-refractivity contribution in [1.82, 2.24) is 10.1 Å². The molecule has 2 aromatic rings. The smallest absolute Gasteiger partial charge is 0.245 e. The third kappa shape index (κ3) is 3.61. The Labute approximate surface area is 112 Å². The lowest BCUT2D eigenvalue weighted by Gasteiger charge is -2.10. The van der Waals surface area contributed by atoms with Crippen LogP contribution in [0, 0.1) is 6.92 Å². The molecule has 6 nitrogen and oxygen atoms in total. The topological polar surface area (TPSA) is 86.2 Å². The van der Waals surface area contributed by atoms with E-state index >= 15 is 0 Å². The summed E-state index contributed by atoms with van der Waals surface area (Å²) in [4.78, 5) is 4.12. The zero-order valence-corrected chi connectivity index (χ0v) is 11.1. The molecule has 0 aliphatic carbocycles. The molecule has 2 rings (SSSR count). The van der Waals surface area contributed by atoms with Gasteiger partial charge in [0.15, 0.2) is 5.82 Å². The van der Waals surface area contributed by atoms with E-state index in [1.54, 1.807) is 6.92 Å². The second-order valence-electron chi connectivity index (χ2n) is 4.19. The molecule has 0 amide bonds. The molecule has 1 heterocycles. The number of rotatable bonds is 6. The van der Waals surface area contributed by atoms with Gasteiger partial charge in [-0.2, -0.15) is 4.98 Å². The molecule has 0 fully saturated rings. The van der Waals surface area contributed by atoms with Crippen LogP contribution in [0.4, 0.5) is 11.4 Å². The minimum Gasteiger partial charge on any atom is -0.491 e. The van der Waals surface area contributed by atoms with Crippen molar-refractivity contribution < 1.29 is 9.26 Å². The maximum absolute atomic E-state index is 5.85. The van der Waals surface area contributed by atoms with Crippen LogP contribution in [0.15, 0.2) is 22.7 Å². The molecule has 0 bridgehead atoms. The summed E-state index contributed by atoms with van der Waals surface area (Å²) in [6.45, 7) is 4.96. The minimum absolute atomic E-state index is 0.470. The number of aryl methyl sites for hydroxylation is 1. The predicted molar refractivity (Wildman–Crippen MR) is 73.0 cm³/mol. The number of anilines is 2. The Balaban J connectivity index is 2.00. The molecule has 0 atom stereocenters. The van der Waals surface area contributed by atoms with Crippen molar-refractivity contribution in [3.8, 4) is 5.75 Å². The van der Waals surface area contributed by atoms with E-state index < -0.39 is 0 Å². The summed E-state index contributed by atoms with van der Waals surface area (Å²) in [7, 11) is 0. The van der Waals surface area contributed by atoms with Crippen molar-refractivity contribution in [1.29, 1.82) is 0 Å². The van der Waals surface area contributed by atoms with Gasteiger partial charge >= 0.3 is 0 Å². The van der Waals surface area contributed by atoms with E-state index in [1.807, 2.05) is 18.2 Å². The molecule has 1 aromatic heterocycles. The van der Waals surface area contributed by atoms with Crippen LogP contribution in [0.25, 0.3) is 0 Å². The Morgan fingerprint density at radius 3 is 2.95 bits per heavy atom. The number of nitrogens with two attached hydrogens (primary N) is 1. The highest BCUT2D eigenvalue weighted by Gasteiger charge is 2.05. The van der Waals surface area contributed by atoms with Gasteiger partial charge in [-0.1, -0.05) is 12.1 Å². The van der Waals surface area contributed by atoms with Gasteiger partial charge in [-0.3, -0.25) is 0 Å². The van der Waals surface area contributed by atoms with E-state index in [4.69, 9.17) is 15.0 Å². The highest BCUT2D eigenvalue weighted by atomic mass is 16.5. The van der Waals surface area contributed by atoms with E-state index in [0.717, 1.165) is 12.1 Å². The van der Waals surface area contributed by atoms with E-state index in [0.29, 0.717) is 36.3 Å². The normalized spacial score (nSPS) is 10.4. The number of hydrogen-bond acceptors (Lipinski definition) is 6. The van der Waals surface area contributed by atoms with Crippen LogP contribution >= 0.6 is 0 Å². The molecule has 0 saturated heterocycles. The fourth-order valence-corrected chi connectivity index (χ4v) is 1.57. The highest BCUT2D eigenvalue weighted by molar-refractivity contribution is 5.61. The lowest BCUT2D eigenvalue weighted by molar-refractivity contribution is 0.319. The van der Waals surface area contributed by atoms with Crippen molar-refractivity contribution in [3.05, 3.63) is 29.9 Å². The fourth-order valence-electron chi connectivity index (χ4n) is 1.57. The van der Waals surface area contributed by atoms with Crippen LogP contribution < -0.4 is 15.8 Å². The predicted octanol–water partition coefficient (Wildman–Crippen LogP) is 2.36. The van der Waals surface area contributed by atoms with Crippen molar-refractivity contribution in [2.75, 3.05) is 17.7 Å². The van der Waals surface area contributed by atoms with Crippen molar-refractivity contribution in [2.45, 2.75) is 26.8 Å². The summed E-state index contributed by atoms with van der Waals surface area (Å²) >= 11 is 0. The number of nitrogens with zero attached hydrogens (tertiary/aromatic N) is 2. The molecule has 0 saturated carbocycles. The standard InChI is InChI=1S/C13H18N4O2/c1-3-6-18-12-7-10(4-5-11(12)14)15-8-13-16-9(2)17-19-13/h4-5,7,15H,3,6,8,14H2,1-2H3. The molecule has 3 N–H and O–H groups in total. The van der Waals surface area contributed by atoms with Crippen LogP contribution in [0.1, 0.15) is 25.1 Å². The number of hydrogen-bond donors (Lipinski definition) is 2. The number of nitrogen functional groups attached to an aromatic ring is 1. The summed E-state index contributed by atoms with van der Waals surface area (Å²) in [5.41, 5.74) is 7.38. The van der Waals surface area contributed by atoms with Gasteiger partial charge in [-0.15, -0.1) is 0 Å². The first-order chi connectivity index (χ1) is 9.19. The maximum Gasteiger partial charge on any atom is 0.245 e. The van der Waals surface area contributed by atoms with Crippen LogP contribution in [0.5, 0.6) is 5.75 Å². The van der Waals surface area contributed by atoms with Gasteiger partial charge in [0.1, 0.15) is 5.75 Å². The van der Waals surface area contributed by atoms with E-state index in [2.05, 4.69) is 22.4 Å². The lowest BCUT2D eigenvalue weighted by Crippen LogP contribution is -2.03. The van der Waals surface area contributed by atoms with Crippen molar-refractivity contribution >= 4 is 11.4 Å². The molecule has 0 aliphatic heterocycles. The maximum atomic E-state index is 5.85. The Bertz CT molecular complexity index is 539. The van der Waals surface area contributed by atoms with Gasteiger partial charge in [-0.25, -0.2) is 0 Å². The molecular formula is C13H18N4O2. The van der Waals surface area contributed by atoms with Gasteiger partial charge in [-0.05, 0) is 25.5 Å². The third-order valence-corrected chi connectivity index (χ3v) is 2.49. The molecular weight excluding hydrogens is 244 g/mol. The summed E-state index contributed by atoms with van der Waals surface area (Å²) in [5.74, 6) is 1.86. The average molecular weight is 262 g/mol. The van der Waals surface area contributed by atoms with E-state index in [-0.39, 0.29) is 0 Å². The SMILES string of the molecule is CCCOc1cc(NCc2nc(C)no2)ccc1N. The van der Waals surface area contributed by atoms with E-state index in [9.17, 15) is 0 Å². The highest BCUT2D eigenvalue weighted by Crippen LogP contribution is 2.25. The van der Waals surface area contributed by atoms with Crippen molar-refractivity contribution in [2.24, 2.45) is 0 Å². The van der Waals surface area contributed by atoms with Gasteiger partial charge in [0.2, 0.25) is 5.89 Å². The monoisotopic (exact) mass is 262 g/mol. The van der Waals surface area contributed by atoms with Crippen LogP contribution in [-0.4, -0.2) is 16.7 Å². The molecule has 0 spiro atoms. The zero-order valence-electron chi connectivity index (χ0n) is 11.1. The second-order valence-corrected chi connectivity index (χ2v) is 4.19.